The molecule has 16 heavy (non-hydrogen) atoms. The molecule has 2 aromatic rings. The van der Waals surface area contributed by atoms with Gasteiger partial charge >= 0.3 is 0 Å². The van der Waals surface area contributed by atoms with Gasteiger partial charge in [-0.1, -0.05) is 11.6 Å². The molecule has 2 rings (SSSR count). The van der Waals surface area contributed by atoms with Crippen molar-refractivity contribution in [1.29, 1.82) is 0 Å². The van der Waals surface area contributed by atoms with Gasteiger partial charge in [0.25, 0.3) is 0 Å². The van der Waals surface area contributed by atoms with Crippen LogP contribution >= 0.6 is 11.6 Å². The lowest BCUT2D eigenvalue weighted by atomic mass is 10.2. The third-order valence-electron chi connectivity index (χ3n) is 2.12. The number of hydrogen-bond acceptors (Lipinski definition) is 4. The fourth-order valence-corrected chi connectivity index (χ4v) is 1.53. The first-order chi connectivity index (χ1) is 7.65. The van der Waals surface area contributed by atoms with Crippen LogP contribution in [0.2, 0.25) is 5.02 Å². The summed E-state index contributed by atoms with van der Waals surface area (Å²) in [6, 6.07) is 5.60. The van der Waals surface area contributed by atoms with E-state index in [2.05, 4.69) is 15.3 Å². The van der Waals surface area contributed by atoms with Gasteiger partial charge in [0.1, 0.15) is 11.6 Å². The number of nitrogens with zero attached hydrogens (tertiary/aromatic N) is 2. The van der Waals surface area contributed by atoms with E-state index in [4.69, 9.17) is 17.3 Å². The molecule has 0 bridgehead atoms. The molecule has 82 valence electrons. The first-order valence-electron chi connectivity index (χ1n) is 4.76. The standard InChI is InChI=1S/C11H11ClN4/c1-7-4-8(12)2-3-9(7)16-11-6-14-10(13)5-15-11/h2-6H,1H3,(H2,13,14)(H,15,16). The highest BCUT2D eigenvalue weighted by Gasteiger charge is 2.00. The Labute approximate surface area is 98.5 Å². The van der Waals surface area contributed by atoms with E-state index in [1.807, 2.05) is 25.1 Å². The summed E-state index contributed by atoms with van der Waals surface area (Å²) in [6.07, 6.45) is 3.09. The molecule has 0 spiro atoms. The van der Waals surface area contributed by atoms with Crippen LogP contribution in [0.3, 0.4) is 0 Å². The number of benzene rings is 1. The summed E-state index contributed by atoms with van der Waals surface area (Å²) in [5.74, 6) is 1.05. The monoisotopic (exact) mass is 234 g/mol. The molecular formula is C11H11ClN4. The van der Waals surface area contributed by atoms with Gasteiger partial charge in [-0.05, 0) is 30.7 Å². The Balaban J connectivity index is 2.23. The van der Waals surface area contributed by atoms with Crippen molar-refractivity contribution in [3.8, 4) is 0 Å². The van der Waals surface area contributed by atoms with Gasteiger partial charge < -0.3 is 11.1 Å². The predicted molar refractivity (Wildman–Crippen MR) is 65.9 cm³/mol. The van der Waals surface area contributed by atoms with E-state index < -0.39 is 0 Å². The molecule has 3 N–H and O–H groups in total. The molecular weight excluding hydrogens is 224 g/mol. The third-order valence-corrected chi connectivity index (χ3v) is 2.36. The molecule has 4 nitrogen and oxygen atoms in total. The van der Waals surface area contributed by atoms with Gasteiger partial charge in [-0.3, -0.25) is 0 Å². The van der Waals surface area contributed by atoms with Crippen LogP contribution in [0.5, 0.6) is 0 Å². The Morgan fingerprint density at radius 3 is 2.69 bits per heavy atom. The van der Waals surface area contributed by atoms with Crippen molar-refractivity contribution >= 4 is 28.9 Å². The number of nitrogens with two attached hydrogens (primary N) is 1. The zero-order chi connectivity index (χ0) is 11.5. The van der Waals surface area contributed by atoms with Crippen molar-refractivity contribution < 1.29 is 0 Å². The predicted octanol–water partition coefficient (Wildman–Crippen LogP) is 2.76. The van der Waals surface area contributed by atoms with E-state index in [0.29, 0.717) is 16.7 Å². The molecule has 0 aliphatic heterocycles. The van der Waals surface area contributed by atoms with Crippen LogP contribution in [0, 0.1) is 6.92 Å². The van der Waals surface area contributed by atoms with Crippen molar-refractivity contribution in [1.82, 2.24) is 9.97 Å². The highest BCUT2D eigenvalue weighted by Crippen LogP contribution is 2.22. The van der Waals surface area contributed by atoms with Crippen molar-refractivity contribution in [3.05, 3.63) is 41.2 Å². The second-order valence-electron chi connectivity index (χ2n) is 3.41. The van der Waals surface area contributed by atoms with Crippen molar-refractivity contribution in [2.45, 2.75) is 6.92 Å². The Morgan fingerprint density at radius 2 is 2.06 bits per heavy atom. The first kappa shape index (κ1) is 10.7. The van der Waals surface area contributed by atoms with Gasteiger partial charge in [0.15, 0.2) is 0 Å². The summed E-state index contributed by atoms with van der Waals surface area (Å²) in [4.78, 5) is 8.05. The van der Waals surface area contributed by atoms with Crippen molar-refractivity contribution in [3.63, 3.8) is 0 Å². The van der Waals surface area contributed by atoms with Gasteiger partial charge in [-0.15, -0.1) is 0 Å². The van der Waals surface area contributed by atoms with Gasteiger partial charge in [0, 0.05) is 10.7 Å². The topological polar surface area (TPSA) is 63.8 Å². The average Bonchev–Trinajstić information content (AvgIpc) is 2.25. The summed E-state index contributed by atoms with van der Waals surface area (Å²) in [5, 5.41) is 3.85. The molecule has 0 saturated carbocycles. The molecule has 1 aromatic heterocycles. The van der Waals surface area contributed by atoms with Crippen LogP contribution in [0.25, 0.3) is 0 Å². The Hall–Kier alpha value is -1.81. The minimum absolute atomic E-state index is 0.401. The Kier molecular flexibility index (Phi) is 2.92. The SMILES string of the molecule is Cc1cc(Cl)ccc1Nc1cnc(N)cn1. The Morgan fingerprint density at radius 1 is 1.25 bits per heavy atom. The molecule has 0 atom stereocenters. The van der Waals surface area contributed by atoms with Crippen LogP contribution in [0.1, 0.15) is 5.56 Å². The van der Waals surface area contributed by atoms with Gasteiger partial charge in [0.2, 0.25) is 0 Å². The molecule has 0 aliphatic carbocycles. The highest BCUT2D eigenvalue weighted by atomic mass is 35.5. The number of aryl methyl sites for hydroxylation is 1. The summed E-state index contributed by atoms with van der Waals surface area (Å²) >= 11 is 5.87. The summed E-state index contributed by atoms with van der Waals surface area (Å²) < 4.78 is 0. The number of rotatable bonds is 2. The zero-order valence-corrected chi connectivity index (χ0v) is 9.49. The van der Waals surface area contributed by atoms with Gasteiger partial charge in [-0.25, -0.2) is 9.97 Å². The minimum Gasteiger partial charge on any atom is -0.382 e. The van der Waals surface area contributed by atoms with E-state index in [0.717, 1.165) is 11.3 Å². The van der Waals surface area contributed by atoms with E-state index >= 15 is 0 Å². The second-order valence-corrected chi connectivity index (χ2v) is 3.85. The maximum absolute atomic E-state index is 5.87. The van der Waals surface area contributed by atoms with Gasteiger partial charge in [-0.2, -0.15) is 0 Å². The van der Waals surface area contributed by atoms with Crippen LogP contribution < -0.4 is 11.1 Å². The van der Waals surface area contributed by atoms with Crippen LogP contribution in [0.4, 0.5) is 17.3 Å². The van der Waals surface area contributed by atoms with E-state index in [-0.39, 0.29) is 0 Å². The lowest BCUT2D eigenvalue weighted by Gasteiger charge is -2.08. The molecule has 1 aromatic carbocycles. The quantitative estimate of drug-likeness (QED) is 0.839. The number of nitrogens with one attached hydrogen (secondary N) is 1. The molecule has 0 saturated heterocycles. The average molecular weight is 235 g/mol. The van der Waals surface area contributed by atoms with Crippen LogP contribution in [-0.4, -0.2) is 9.97 Å². The normalized spacial score (nSPS) is 10.1. The Bertz CT molecular complexity index is 496. The zero-order valence-electron chi connectivity index (χ0n) is 8.74. The van der Waals surface area contributed by atoms with E-state index in [1.54, 1.807) is 6.20 Å². The largest absolute Gasteiger partial charge is 0.382 e. The van der Waals surface area contributed by atoms with E-state index in [9.17, 15) is 0 Å². The summed E-state index contributed by atoms with van der Waals surface area (Å²) in [6.45, 7) is 1.97. The fraction of sp³-hybridized carbons (Fsp3) is 0.0909. The number of nitrogen functional groups attached to an aromatic ring is 1. The molecule has 0 amide bonds. The maximum Gasteiger partial charge on any atom is 0.149 e. The van der Waals surface area contributed by atoms with Crippen molar-refractivity contribution in [2.24, 2.45) is 0 Å². The number of hydrogen-bond donors (Lipinski definition) is 2. The number of halogens is 1. The minimum atomic E-state index is 0.401. The summed E-state index contributed by atoms with van der Waals surface area (Å²) in [5.41, 5.74) is 7.45. The van der Waals surface area contributed by atoms with E-state index in [1.165, 1.54) is 6.20 Å². The smallest absolute Gasteiger partial charge is 0.149 e. The molecule has 0 unspecified atom stereocenters. The number of aromatic nitrogens is 2. The number of anilines is 3. The molecule has 0 fully saturated rings. The second kappa shape index (κ2) is 4.37. The van der Waals surface area contributed by atoms with Gasteiger partial charge in [0.05, 0.1) is 12.4 Å². The summed E-state index contributed by atoms with van der Waals surface area (Å²) in [7, 11) is 0. The molecule has 5 heteroatoms. The molecule has 0 radical (unpaired) electrons. The van der Waals surface area contributed by atoms with Crippen molar-refractivity contribution in [2.75, 3.05) is 11.1 Å². The lowest BCUT2D eigenvalue weighted by molar-refractivity contribution is 1.20. The third kappa shape index (κ3) is 2.41. The van der Waals surface area contributed by atoms with Crippen LogP contribution in [-0.2, 0) is 0 Å². The first-order valence-corrected chi connectivity index (χ1v) is 5.13. The molecule has 0 aliphatic rings. The molecule has 1 heterocycles. The maximum atomic E-state index is 5.87. The fourth-order valence-electron chi connectivity index (χ4n) is 1.31. The highest BCUT2D eigenvalue weighted by molar-refractivity contribution is 6.30. The van der Waals surface area contributed by atoms with Crippen LogP contribution in [0.15, 0.2) is 30.6 Å². The lowest BCUT2D eigenvalue weighted by Crippen LogP contribution is -1.98.